The first kappa shape index (κ1) is 19.3. The van der Waals surface area contributed by atoms with Crippen molar-refractivity contribution >= 4 is 22.7 Å². The summed E-state index contributed by atoms with van der Waals surface area (Å²) in [5.74, 6) is -1.63. The highest BCUT2D eigenvalue weighted by atomic mass is 19.1. The van der Waals surface area contributed by atoms with Crippen molar-refractivity contribution < 1.29 is 13.6 Å². The van der Waals surface area contributed by atoms with Crippen LogP contribution in [0.2, 0.25) is 0 Å². The Kier molecular flexibility index (Phi) is 5.25. The average Bonchev–Trinajstić information content (AvgIpc) is 3.05. The van der Waals surface area contributed by atoms with Gasteiger partial charge in [-0.25, -0.2) is 13.9 Å². The quantitative estimate of drug-likeness (QED) is 0.527. The SMILES string of the molecule is O=C(Cn1nc(CCn2c(=O)oc3ccccc32)ccc1=O)Nc1ccccc1F. The zero-order chi connectivity index (χ0) is 21.1. The van der Waals surface area contributed by atoms with E-state index in [9.17, 15) is 18.8 Å². The second-order valence-electron chi connectivity index (χ2n) is 6.59. The Balaban J connectivity index is 1.48. The van der Waals surface area contributed by atoms with Crippen LogP contribution in [0.4, 0.5) is 10.1 Å². The van der Waals surface area contributed by atoms with Crippen LogP contribution < -0.4 is 16.6 Å². The van der Waals surface area contributed by atoms with Crippen molar-refractivity contribution in [1.29, 1.82) is 0 Å². The summed E-state index contributed by atoms with van der Waals surface area (Å²) in [6, 6.07) is 15.7. The van der Waals surface area contributed by atoms with Crippen LogP contribution in [-0.2, 0) is 24.3 Å². The zero-order valence-corrected chi connectivity index (χ0v) is 15.7. The van der Waals surface area contributed by atoms with Gasteiger partial charge in [0, 0.05) is 19.0 Å². The summed E-state index contributed by atoms with van der Waals surface area (Å²) in [4.78, 5) is 36.3. The van der Waals surface area contributed by atoms with Crippen molar-refractivity contribution in [2.24, 2.45) is 0 Å². The Morgan fingerprint density at radius 1 is 1.03 bits per heavy atom. The van der Waals surface area contributed by atoms with Crippen molar-refractivity contribution in [2.75, 3.05) is 5.32 Å². The summed E-state index contributed by atoms with van der Waals surface area (Å²) in [7, 11) is 0. The van der Waals surface area contributed by atoms with Gasteiger partial charge in [0.1, 0.15) is 12.4 Å². The monoisotopic (exact) mass is 408 g/mol. The van der Waals surface area contributed by atoms with Gasteiger partial charge in [-0.15, -0.1) is 0 Å². The minimum Gasteiger partial charge on any atom is -0.408 e. The number of amides is 1. The van der Waals surface area contributed by atoms with Crippen molar-refractivity contribution in [3.05, 3.63) is 93.1 Å². The number of hydrogen-bond acceptors (Lipinski definition) is 5. The molecule has 4 rings (SSSR count). The Hall–Kier alpha value is -4.01. The minimum atomic E-state index is -0.580. The number of rotatable bonds is 6. The molecule has 2 aromatic carbocycles. The number of carbonyl (C=O) groups is 1. The number of nitrogens with zero attached hydrogens (tertiary/aromatic N) is 3. The molecule has 4 aromatic rings. The second kappa shape index (κ2) is 8.16. The number of aromatic nitrogens is 3. The number of anilines is 1. The van der Waals surface area contributed by atoms with E-state index >= 15 is 0 Å². The summed E-state index contributed by atoms with van der Waals surface area (Å²) in [5, 5.41) is 6.60. The van der Waals surface area contributed by atoms with Gasteiger partial charge >= 0.3 is 5.76 Å². The van der Waals surface area contributed by atoms with Gasteiger partial charge in [0.05, 0.1) is 16.9 Å². The Labute approximate surface area is 169 Å². The maximum Gasteiger partial charge on any atom is 0.419 e. The second-order valence-corrected chi connectivity index (χ2v) is 6.59. The highest BCUT2D eigenvalue weighted by molar-refractivity contribution is 5.90. The topological polar surface area (TPSA) is 99.1 Å². The number of aryl methyl sites for hydroxylation is 2. The molecule has 0 fully saturated rings. The molecule has 0 radical (unpaired) electrons. The summed E-state index contributed by atoms with van der Waals surface area (Å²) >= 11 is 0. The van der Waals surface area contributed by atoms with E-state index in [4.69, 9.17) is 4.42 Å². The van der Waals surface area contributed by atoms with E-state index in [0.717, 1.165) is 4.68 Å². The van der Waals surface area contributed by atoms with Crippen LogP contribution in [0, 0.1) is 5.82 Å². The Bertz CT molecular complexity index is 1340. The first-order valence-electron chi connectivity index (χ1n) is 9.21. The van der Waals surface area contributed by atoms with Crippen molar-refractivity contribution in [3.8, 4) is 0 Å². The van der Waals surface area contributed by atoms with Gasteiger partial charge in [0.15, 0.2) is 5.58 Å². The summed E-state index contributed by atoms with van der Waals surface area (Å²) in [6.45, 7) is -0.0714. The minimum absolute atomic E-state index is 0.0258. The largest absolute Gasteiger partial charge is 0.419 e. The molecule has 0 saturated carbocycles. The van der Waals surface area contributed by atoms with Gasteiger partial charge in [-0.3, -0.25) is 14.2 Å². The van der Waals surface area contributed by atoms with Crippen LogP contribution in [0.5, 0.6) is 0 Å². The lowest BCUT2D eigenvalue weighted by atomic mass is 10.2. The van der Waals surface area contributed by atoms with E-state index in [0.29, 0.717) is 29.8 Å². The van der Waals surface area contributed by atoms with E-state index in [1.807, 2.05) is 0 Å². The average molecular weight is 408 g/mol. The summed E-state index contributed by atoms with van der Waals surface area (Å²) in [5.41, 5.74) is 1.24. The van der Waals surface area contributed by atoms with E-state index in [-0.39, 0.29) is 12.2 Å². The normalized spacial score (nSPS) is 11.0. The van der Waals surface area contributed by atoms with Gasteiger partial charge in [-0.2, -0.15) is 5.10 Å². The lowest BCUT2D eigenvalue weighted by Crippen LogP contribution is -2.30. The number of oxazole rings is 1. The van der Waals surface area contributed by atoms with Crippen LogP contribution in [0.1, 0.15) is 5.69 Å². The first-order chi connectivity index (χ1) is 14.5. The molecule has 0 saturated heterocycles. The molecule has 1 N–H and O–H groups in total. The molecule has 0 atom stereocenters. The molecule has 0 unspecified atom stereocenters. The lowest BCUT2D eigenvalue weighted by molar-refractivity contribution is -0.117. The van der Waals surface area contributed by atoms with Crippen LogP contribution in [0.3, 0.4) is 0 Å². The number of benzene rings is 2. The Morgan fingerprint density at radius 2 is 1.80 bits per heavy atom. The van der Waals surface area contributed by atoms with Crippen molar-refractivity contribution in [3.63, 3.8) is 0 Å². The number of halogens is 1. The smallest absolute Gasteiger partial charge is 0.408 e. The van der Waals surface area contributed by atoms with Crippen molar-refractivity contribution in [1.82, 2.24) is 14.3 Å². The predicted octanol–water partition coefficient (Wildman–Crippen LogP) is 2.17. The van der Waals surface area contributed by atoms with E-state index < -0.39 is 23.0 Å². The number of hydrogen-bond donors (Lipinski definition) is 1. The Morgan fingerprint density at radius 3 is 2.63 bits per heavy atom. The van der Waals surface area contributed by atoms with Gasteiger partial charge < -0.3 is 9.73 Å². The lowest BCUT2D eigenvalue weighted by Gasteiger charge is -2.09. The molecule has 1 amide bonds. The zero-order valence-electron chi connectivity index (χ0n) is 15.7. The number of fused-ring (bicyclic) bond motifs is 1. The molecule has 0 bridgehead atoms. The molecule has 0 aliphatic heterocycles. The fraction of sp³-hybridized carbons (Fsp3) is 0.143. The molecule has 8 nitrogen and oxygen atoms in total. The molecule has 152 valence electrons. The summed E-state index contributed by atoms with van der Waals surface area (Å²) < 4.78 is 21.4. The third kappa shape index (κ3) is 4.04. The third-order valence-corrected chi connectivity index (χ3v) is 4.53. The predicted molar refractivity (Wildman–Crippen MR) is 108 cm³/mol. The standard InChI is InChI=1S/C21H17FN4O4/c22-15-5-1-2-6-16(15)23-19(27)13-26-20(28)10-9-14(24-26)11-12-25-17-7-3-4-8-18(17)30-21(25)29/h1-10H,11-13H2,(H,23,27). The van der Waals surface area contributed by atoms with Crippen LogP contribution >= 0.6 is 0 Å². The van der Waals surface area contributed by atoms with E-state index in [1.54, 1.807) is 36.4 Å². The van der Waals surface area contributed by atoms with Crippen LogP contribution in [0.15, 0.2) is 74.7 Å². The molecular formula is C21H17FN4O4. The number of carbonyl (C=O) groups excluding carboxylic acids is 1. The van der Waals surface area contributed by atoms with Crippen LogP contribution in [0.25, 0.3) is 11.1 Å². The molecule has 0 spiro atoms. The number of nitrogens with one attached hydrogen (secondary N) is 1. The highest BCUT2D eigenvalue weighted by Gasteiger charge is 2.11. The molecule has 2 heterocycles. The molecule has 0 aliphatic carbocycles. The molecular weight excluding hydrogens is 391 g/mol. The van der Waals surface area contributed by atoms with Crippen molar-refractivity contribution in [2.45, 2.75) is 19.5 Å². The van der Waals surface area contributed by atoms with Gasteiger partial charge in [0.25, 0.3) is 5.56 Å². The van der Waals surface area contributed by atoms with Crippen LogP contribution in [-0.4, -0.2) is 20.3 Å². The van der Waals surface area contributed by atoms with E-state index in [1.165, 1.54) is 28.8 Å². The molecule has 30 heavy (non-hydrogen) atoms. The first-order valence-corrected chi connectivity index (χ1v) is 9.21. The third-order valence-electron chi connectivity index (χ3n) is 4.53. The van der Waals surface area contributed by atoms with Gasteiger partial charge in [-0.05, 0) is 30.3 Å². The summed E-state index contributed by atoms with van der Waals surface area (Å²) in [6.07, 6.45) is 0.346. The maximum absolute atomic E-state index is 13.7. The molecule has 0 aliphatic rings. The van der Waals surface area contributed by atoms with Gasteiger partial charge in [-0.1, -0.05) is 24.3 Å². The van der Waals surface area contributed by atoms with E-state index in [2.05, 4.69) is 10.4 Å². The molecule has 2 aromatic heterocycles. The van der Waals surface area contributed by atoms with Gasteiger partial charge in [0.2, 0.25) is 5.91 Å². The maximum atomic E-state index is 13.7. The fourth-order valence-corrected chi connectivity index (χ4v) is 3.08. The highest BCUT2D eigenvalue weighted by Crippen LogP contribution is 2.13. The fourth-order valence-electron chi connectivity index (χ4n) is 3.08. The number of para-hydroxylation sites is 3. The molecule has 9 heteroatoms.